The Bertz CT molecular complexity index is 2350. The average molecular weight is 837 g/mol. The Morgan fingerprint density at radius 1 is 0.839 bits per heavy atom. The minimum atomic E-state index is 0.543. The first kappa shape index (κ1) is 49.8. The summed E-state index contributed by atoms with van der Waals surface area (Å²) in [7, 11) is 0. The Hall–Kier alpha value is -6.56. The van der Waals surface area contributed by atoms with E-state index in [9.17, 15) is 0 Å². The number of aliphatic imine (C=N–C) groups is 3. The predicted octanol–water partition coefficient (Wildman–Crippen LogP) is 15.8. The molecule has 0 aromatic heterocycles. The maximum absolute atomic E-state index is 5.07. The summed E-state index contributed by atoms with van der Waals surface area (Å²) in [6.45, 7) is 23.6. The van der Waals surface area contributed by atoms with E-state index >= 15 is 0 Å². The van der Waals surface area contributed by atoms with Gasteiger partial charge in [0, 0.05) is 28.7 Å². The highest BCUT2D eigenvalue weighted by Crippen LogP contribution is 2.28. The van der Waals surface area contributed by atoms with E-state index in [1.165, 1.54) is 0 Å². The zero-order chi connectivity index (χ0) is 45.0. The molecule has 0 unspecified atom stereocenters. The number of benzene rings is 3. The van der Waals surface area contributed by atoms with E-state index in [0.29, 0.717) is 24.4 Å². The summed E-state index contributed by atoms with van der Waals surface area (Å²) >= 11 is 1.61. The van der Waals surface area contributed by atoms with Crippen molar-refractivity contribution >= 4 is 41.0 Å². The van der Waals surface area contributed by atoms with Gasteiger partial charge in [0.15, 0.2) is 5.84 Å². The predicted molar refractivity (Wildman–Crippen MR) is 279 cm³/mol. The highest BCUT2D eigenvalue weighted by Gasteiger charge is 2.20. The molecule has 0 saturated heterocycles. The molecule has 1 aliphatic carbocycles. The lowest BCUT2D eigenvalue weighted by Gasteiger charge is -2.28. The van der Waals surface area contributed by atoms with Crippen LogP contribution in [0.4, 0.5) is 5.69 Å². The first-order chi connectivity index (χ1) is 30.4. The normalized spacial score (nSPS) is 16.5. The second-order valence-electron chi connectivity index (χ2n) is 13.3. The smallest absolute Gasteiger partial charge is 0.159 e. The van der Waals surface area contributed by atoms with Crippen LogP contribution >= 0.6 is 11.8 Å². The summed E-state index contributed by atoms with van der Waals surface area (Å²) in [5, 5.41) is 2.04. The van der Waals surface area contributed by atoms with Gasteiger partial charge in [-0.1, -0.05) is 199 Å². The molecule has 318 valence electrons. The van der Waals surface area contributed by atoms with Gasteiger partial charge in [-0.15, -0.1) is 11.8 Å². The number of amidine groups is 2. The van der Waals surface area contributed by atoms with Gasteiger partial charge in [0.25, 0.3) is 0 Å². The van der Waals surface area contributed by atoms with E-state index in [4.69, 9.17) is 15.0 Å². The Kier molecular flexibility index (Phi) is 23.2. The molecule has 0 atom stereocenters. The zero-order valence-corrected chi connectivity index (χ0v) is 38.8. The molecular formula is C57H64N4S. The number of thioether (sulfide) groups is 1. The molecule has 1 aliphatic heterocycles. The third-order valence-corrected chi connectivity index (χ3v) is 9.61. The molecule has 1 heterocycles. The highest BCUT2D eigenvalue weighted by molar-refractivity contribution is 8.01. The second-order valence-corrected chi connectivity index (χ2v) is 14.0. The number of anilines is 1. The van der Waals surface area contributed by atoms with Gasteiger partial charge in [0.2, 0.25) is 0 Å². The standard InChI is InChI=1S/C53H52N4S.2C2H6/c1-7-23-49(46-31-22-32-48(36-35-46)53-54-37-20-12-13-26-43(5)57(53)50-33-18-11-19-34-50)38-45(8-2)41(3)24-21-25-42(4)52(55-39-44-27-14-9-15-28-44)56-51(40-58-6)47-29-16-10-17-30-47;2*1-2/h7-35,38-40H,4-5,36-37H2,1-3,6H3;2*1-2H3/b20-12-,23-7-,25-21-,26-13-,41-24+,45-8+,49-38+,51-40+,54-53?,55-39?,56-52?;;. The lowest BCUT2D eigenvalue weighted by Crippen LogP contribution is -2.31. The first-order valence-electron chi connectivity index (χ1n) is 21.4. The van der Waals surface area contributed by atoms with E-state index < -0.39 is 0 Å². The van der Waals surface area contributed by atoms with E-state index in [1.807, 2.05) is 143 Å². The summed E-state index contributed by atoms with van der Waals surface area (Å²) < 4.78 is 0. The molecule has 3 aromatic rings. The van der Waals surface area contributed by atoms with Crippen LogP contribution in [-0.4, -0.2) is 30.7 Å². The van der Waals surface area contributed by atoms with Gasteiger partial charge in [-0.05, 0) is 96.6 Å². The Labute approximate surface area is 377 Å². The van der Waals surface area contributed by atoms with Crippen LogP contribution in [0.2, 0.25) is 0 Å². The van der Waals surface area contributed by atoms with E-state index in [-0.39, 0.29) is 0 Å². The third kappa shape index (κ3) is 15.8. The molecular weight excluding hydrogens is 773 g/mol. The summed E-state index contributed by atoms with van der Waals surface area (Å²) in [4.78, 5) is 17.0. The lowest BCUT2D eigenvalue weighted by molar-refractivity contribution is 1.15. The van der Waals surface area contributed by atoms with Crippen LogP contribution in [-0.2, 0) is 0 Å². The monoisotopic (exact) mass is 836 g/mol. The molecule has 5 rings (SSSR count). The fourth-order valence-electron chi connectivity index (χ4n) is 6.17. The third-order valence-electron chi connectivity index (χ3n) is 9.15. The summed E-state index contributed by atoms with van der Waals surface area (Å²) in [6.07, 6.45) is 36.2. The fraction of sp³-hybridized carbons (Fsp3) is 0.175. The van der Waals surface area contributed by atoms with Crippen molar-refractivity contribution < 1.29 is 0 Å². The highest BCUT2D eigenvalue weighted by atomic mass is 32.2. The van der Waals surface area contributed by atoms with Crippen LogP contribution in [0.15, 0.2) is 255 Å². The van der Waals surface area contributed by atoms with Crippen molar-refractivity contribution in [1.29, 1.82) is 0 Å². The van der Waals surface area contributed by atoms with Crippen molar-refractivity contribution in [2.24, 2.45) is 15.0 Å². The molecule has 62 heavy (non-hydrogen) atoms. The Balaban J connectivity index is 0.00000249. The quantitative estimate of drug-likeness (QED) is 0.0977. The molecule has 5 heteroatoms. The molecule has 2 aliphatic rings. The van der Waals surface area contributed by atoms with Crippen molar-refractivity contribution in [2.45, 2.75) is 54.9 Å². The largest absolute Gasteiger partial charge is 0.296 e. The van der Waals surface area contributed by atoms with E-state index in [2.05, 4.69) is 124 Å². The van der Waals surface area contributed by atoms with Crippen molar-refractivity contribution in [3.8, 4) is 0 Å². The van der Waals surface area contributed by atoms with E-state index in [1.54, 1.807) is 11.8 Å². The number of hydrogen-bond donors (Lipinski definition) is 0. The average Bonchev–Trinajstić information content (AvgIpc) is 3.52. The topological polar surface area (TPSA) is 40.3 Å². The molecule has 0 N–H and O–H groups in total. The maximum Gasteiger partial charge on any atom is 0.159 e. The van der Waals surface area contributed by atoms with Crippen LogP contribution in [0, 0.1) is 0 Å². The minimum Gasteiger partial charge on any atom is -0.296 e. The summed E-state index contributed by atoms with van der Waals surface area (Å²) in [5.41, 5.74) is 11.0. The number of allylic oxidation sites excluding steroid dienone is 17. The second kappa shape index (κ2) is 28.8. The van der Waals surface area contributed by atoms with Crippen molar-refractivity contribution in [3.05, 3.63) is 251 Å². The summed E-state index contributed by atoms with van der Waals surface area (Å²) in [5.74, 6) is 1.44. The van der Waals surface area contributed by atoms with Gasteiger partial charge in [-0.25, -0.2) is 9.98 Å². The molecule has 0 fully saturated rings. The molecule has 0 bridgehead atoms. The fourth-order valence-corrected chi connectivity index (χ4v) is 6.58. The van der Waals surface area contributed by atoms with Gasteiger partial charge in [0.1, 0.15) is 5.84 Å². The number of para-hydroxylation sites is 1. The molecule has 0 spiro atoms. The molecule has 0 amide bonds. The van der Waals surface area contributed by atoms with Crippen molar-refractivity contribution in [3.63, 3.8) is 0 Å². The molecule has 0 radical (unpaired) electrons. The van der Waals surface area contributed by atoms with Gasteiger partial charge in [-0.3, -0.25) is 9.89 Å². The Morgan fingerprint density at radius 2 is 1.52 bits per heavy atom. The number of hydrogen-bond acceptors (Lipinski definition) is 4. The first-order valence-corrected chi connectivity index (χ1v) is 22.7. The van der Waals surface area contributed by atoms with Crippen molar-refractivity contribution in [1.82, 2.24) is 0 Å². The maximum atomic E-state index is 5.07. The number of rotatable bonds is 13. The van der Waals surface area contributed by atoms with Crippen LogP contribution in [0.25, 0.3) is 5.70 Å². The van der Waals surface area contributed by atoms with Gasteiger partial charge >= 0.3 is 0 Å². The van der Waals surface area contributed by atoms with Crippen LogP contribution in [0.5, 0.6) is 0 Å². The zero-order valence-electron chi connectivity index (χ0n) is 38.0. The van der Waals surface area contributed by atoms with Crippen LogP contribution in [0.3, 0.4) is 0 Å². The van der Waals surface area contributed by atoms with Crippen LogP contribution < -0.4 is 4.90 Å². The number of nitrogens with zero attached hydrogens (tertiary/aromatic N) is 4. The molecule has 4 nitrogen and oxygen atoms in total. The Morgan fingerprint density at radius 3 is 2.18 bits per heavy atom. The van der Waals surface area contributed by atoms with Gasteiger partial charge in [-0.2, -0.15) is 0 Å². The van der Waals surface area contributed by atoms with Gasteiger partial charge < -0.3 is 0 Å². The van der Waals surface area contributed by atoms with E-state index in [0.717, 1.165) is 61.9 Å². The summed E-state index contributed by atoms with van der Waals surface area (Å²) in [6, 6.07) is 30.5. The van der Waals surface area contributed by atoms with Gasteiger partial charge in [0.05, 0.1) is 12.2 Å². The lowest BCUT2D eigenvalue weighted by atomic mass is 9.97. The minimum absolute atomic E-state index is 0.543. The van der Waals surface area contributed by atoms with Crippen LogP contribution in [0.1, 0.15) is 66.0 Å². The molecule has 0 saturated carbocycles. The molecule has 3 aromatic carbocycles. The van der Waals surface area contributed by atoms with Crippen molar-refractivity contribution in [2.75, 3.05) is 17.7 Å². The SMILES string of the molecule is C=C(\C=C/C=C(C)/C(/C=C(\C=C/C)C1=CCC(C2=NC/C=C\C=C/C(=C)N2c2ccccc2)=CC=C1)=C/C)C(N=Cc1ccccc1)=N/C(=C/SC)c1ccccc1.CC.CC.